The van der Waals surface area contributed by atoms with Crippen molar-refractivity contribution >= 4 is 18.3 Å². The van der Waals surface area contributed by atoms with Crippen LogP contribution in [0.2, 0.25) is 0 Å². The van der Waals surface area contributed by atoms with E-state index >= 15 is 0 Å². The molecule has 0 aromatic carbocycles. The molecule has 7 heteroatoms. The van der Waals surface area contributed by atoms with E-state index in [0.29, 0.717) is 26.2 Å². The molecule has 0 spiro atoms. The maximum absolute atomic E-state index is 11.1. The summed E-state index contributed by atoms with van der Waals surface area (Å²) in [5.74, 6) is 0. The first-order valence-electron chi connectivity index (χ1n) is 7.77. The second-order valence-corrected chi connectivity index (χ2v) is 5.04. The summed E-state index contributed by atoms with van der Waals surface area (Å²) in [5.41, 5.74) is 0. The molecule has 0 saturated heterocycles. The molecular weight excluding hydrogens is 286 g/mol. The number of carbonyl (C=O) groups excluding carboxylic acids is 2. The number of hydrogen-bond donors (Lipinski definition) is 1. The van der Waals surface area contributed by atoms with E-state index in [1.54, 1.807) is 0 Å². The van der Waals surface area contributed by atoms with Crippen LogP contribution in [0.3, 0.4) is 0 Å². The Labute approximate surface area is 131 Å². The van der Waals surface area contributed by atoms with Crippen LogP contribution < -0.4 is 0 Å². The third kappa shape index (κ3) is 13.0. The van der Waals surface area contributed by atoms with Gasteiger partial charge in [-0.25, -0.2) is 24.4 Å². The number of aliphatic imine (C=N–C) groups is 2. The summed E-state index contributed by atoms with van der Waals surface area (Å²) >= 11 is 0. The molecule has 0 aromatic rings. The van der Waals surface area contributed by atoms with Crippen molar-refractivity contribution < 1.29 is 19.5 Å². The van der Waals surface area contributed by atoms with Crippen LogP contribution in [-0.4, -0.2) is 54.4 Å². The average molecular weight is 311 g/mol. The third-order valence-electron chi connectivity index (χ3n) is 3.30. The van der Waals surface area contributed by atoms with Gasteiger partial charge in [0.05, 0.1) is 13.1 Å². The van der Waals surface area contributed by atoms with Crippen molar-refractivity contribution in [3.63, 3.8) is 0 Å². The normalized spacial score (nSPS) is 9.64. The summed E-state index contributed by atoms with van der Waals surface area (Å²) in [6.07, 6.45) is 9.20. The summed E-state index contributed by atoms with van der Waals surface area (Å²) in [7, 11) is 0. The van der Waals surface area contributed by atoms with Crippen LogP contribution in [0.4, 0.5) is 4.79 Å². The fraction of sp³-hybridized carbons (Fsp3) is 0.800. The van der Waals surface area contributed by atoms with E-state index in [4.69, 9.17) is 5.11 Å². The van der Waals surface area contributed by atoms with Gasteiger partial charge in [-0.3, -0.25) is 0 Å². The van der Waals surface area contributed by atoms with Crippen LogP contribution in [-0.2, 0) is 9.59 Å². The first kappa shape index (κ1) is 20.0. The van der Waals surface area contributed by atoms with E-state index < -0.39 is 6.09 Å². The number of rotatable bonds is 14. The highest BCUT2D eigenvalue weighted by molar-refractivity contribution is 5.64. The largest absolute Gasteiger partial charge is 0.465 e. The van der Waals surface area contributed by atoms with E-state index in [0.717, 1.165) is 51.4 Å². The molecule has 0 aliphatic carbocycles. The van der Waals surface area contributed by atoms with Crippen LogP contribution in [0.1, 0.15) is 51.4 Å². The van der Waals surface area contributed by atoms with Gasteiger partial charge in [0.15, 0.2) is 0 Å². The molecule has 0 radical (unpaired) electrons. The highest BCUT2D eigenvalue weighted by Gasteiger charge is 2.10. The van der Waals surface area contributed by atoms with Crippen LogP contribution >= 0.6 is 0 Å². The van der Waals surface area contributed by atoms with E-state index in [1.807, 2.05) is 0 Å². The number of amides is 1. The molecule has 22 heavy (non-hydrogen) atoms. The fourth-order valence-electron chi connectivity index (χ4n) is 2.09. The standard InChI is InChI=1S/C15H25N3O4/c19-13-16-9-5-1-3-7-11-18(15(21)22)12-8-4-2-6-10-17-14-20/h1-12H2,(H,21,22). The second kappa shape index (κ2) is 15.4. The number of carbonyl (C=O) groups is 1. The lowest BCUT2D eigenvalue weighted by molar-refractivity contribution is 0.143. The smallest absolute Gasteiger partial charge is 0.407 e. The van der Waals surface area contributed by atoms with Crippen molar-refractivity contribution in [3.8, 4) is 0 Å². The second-order valence-electron chi connectivity index (χ2n) is 5.04. The summed E-state index contributed by atoms with van der Waals surface area (Å²) in [4.78, 5) is 39.3. The number of hydrogen-bond acceptors (Lipinski definition) is 5. The van der Waals surface area contributed by atoms with Gasteiger partial charge in [0, 0.05) is 13.1 Å². The molecule has 1 amide bonds. The molecule has 0 aromatic heterocycles. The molecule has 124 valence electrons. The van der Waals surface area contributed by atoms with Gasteiger partial charge in [-0.15, -0.1) is 0 Å². The predicted octanol–water partition coefficient (Wildman–Crippen LogP) is 2.76. The first-order chi connectivity index (χ1) is 10.7. The highest BCUT2D eigenvalue weighted by Crippen LogP contribution is 2.06. The minimum absolute atomic E-state index is 0.500. The summed E-state index contributed by atoms with van der Waals surface area (Å²) < 4.78 is 0. The summed E-state index contributed by atoms with van der Waals surface area (Å²) in [6, 6.07) is 0. The van der Waals surface area contributed by atoms with Crippen molar-refractivity contribution in [2.75, 3.05) is 26.2 Å². The number of unbranched alkanes of at least 4 members (excludes halogenated alkanes) is 6. The van der Waals surface area contributed by atoms with Crippen molar-refractivity contribution in [3.05, 3.63) is 0 Å². The van der Waals surface area contributed by atoms with Gasteiger partial charge in [-0.2, -0.15) is 0 Å². The zero-order chi connectivity index (χ0) is 16.5. The molecule has 7 nitrogen and oxygen atoms in total. The highest BCUT2D eigenvalue weighted by atomic mass is 16.4. The Morgan fingerprint density at radius 3 is 1.55 bits per heavy atom. The molecule has 0 atom stereocenters. The van der Waals surface area contributed by atoms with Crippen molar-refractivity contribution in [2.45, 2.75) is 51.4 Å². The van der Waals surface area contributed by atoms with E-state index in [-0.39, 0.29) is 0 Å². The van der Waals surface area contributed by atoms with Crippen molar-refractivity contribution in [2.24, 2.45) is 9.98 Å². The lowest BCUT2D eigenvalue weighted by Gasteiger charge is -2.18. The van der Waals surface area contributed by atoms with Crippen LogP contribution in [0.5, 0.6) is 0 Å². The van der Waals surface area contributed by atoms with Crippen molar-refractivity contribution in [1.82, 2.24) is 4.90 Å². The molecule has 0 heterocycles. The van der Waals surface area contributed by atoms with Gasteiger partial charge >= 0.3 is 6.09 Å². The molecule has 0 rings (SSSR count). The van der Waals surface area contributed by atoms with E-state index in [9.17, 15) is 14.4 Å². The number of isocyanates is 2. The predicted molar refractivity (Wildman–Crippen MR) is 82.5 cm³/mol. The van der Waals surface area contributed by atoms with Crippen LogP contribution in [0, 0.1) is 0 Å². The maximum atomic E-state index is 11.1. The molecule has 1 N–H and O–H groups in total. The van der Waals surface area contributed by atoms with E-state index in [2.05, 4.69) is 9.98 Å². The maximum Gasteiger partial charge on any atom is 0.407 e. The minimum atomic E-state index is -0.879. The monoisotopic (exact) mass is 311 g/mol. The molecule has 0 fully saturated rings. The summed E-state index contributed by atoms with van der Waals surface area (Å²) in [5, 5.41) is 9.13. The number of carboxylic acid groups (broad SMARTS) is 1. The van der Waals surface area contributed by atoms with Crippen LogP contribution in [0.25, 0.3) is 0 Å². The Bertz CT molecular complexity index is 358. The zero-order valence-electron chi connectivity index (χ0n) is 13.0. The van der Waals surface area contributed by atoms with Crippen LogP contribution in [0.15, 0.2) is 9.98 Å². The quantitative estimate of drug-likeness (QED) is 0.303. The molecule has 0 unspecified atom stereocenters. The Morgan fingerprint density at radius 1 is 0.773 bits per heavy atom. The van der Waals surface area contributed by atoms with Gasteiger partial charge in [0.25, 0.3) is 0 Å². The van der Waals surface area contributed by atoms with Crippen molar-refractivity contribution in [1.29, 1.82) is 0 Å². The molecule has 0 saturated carbocycles. The Balaban J connectivity index is 3.62. The zero-order valence-corrected chi connectivity index (χ0v) is 13.0. The van der Waals surface area contributed by atoms with Gasteiger partial charge in [0.1, 0.15) is 0 Å². The molecule has 0 aliphatic heterocycles. The number of nitrogens with zero attached hydrogens (tertiary/aromatic N) is 3. The van der Waals surface area contributed by atoms with Gasteiger partial charge in [-0.05, 0) is 25.7 Å². The molecule has 0 aliphatic rings. The average Bonchev–Trinajstić information content (AvgIpc) is 2.50. The summed E-state index contributed by atoms with van der Waals surface area (Å²) in [6.45, 7) is 2.09. The lowest BCUT2D eigenvalue weighted by atomic mass is 10.1. The van der Waals surface area contributed by atoms with E-state index in [1.165, 1.54) is 17.1 Å². The third-order valence-corrected chi connectivity index (χ3v) is 3.30. The van der Waals surface area contributed by atoms with Gasteiger partial charge < -0.3 is 10.0 Å². The topological polar surface area (TPSA) is 99.4 Å². The minimum Gasteiger partial charge on any atom is -0.465 e. The lowest BCUT2D eigenvalue weighted by Crippen LogP contribution is -2.31. The van der Waals surface area contributed by atoms with Gasteiger partial charge in [0.2, 0.25) is 12.2 Å². The Morgan fingerprint density at radius 2 is 1.18 bits per heavy atom. The molecular formula is C15H25N3O4. The SMILES string of the molecule is O=C=NCCCCCCN(CCCCCCN=C=O)C(=O)O. The fourth-order valence-corrected chi connectivity index (χ4v) is 2.09. The Hall–Kier alpha value is -1.97. The molecule has 0 bridgehead atoms. The Kier molecular flexibility index (Phi) is 14.0. The van der Waals surface area contributed by atoms with Gasteiger partial charge in [-0.1, -0.05) is 25.7 Å². The first-order valence-corrected chi connectivity index (χ1v) is 7.77.